The number of anilines is 1. The number of aromatic carboxylic acids is 1. The first-order valence-corrected chi connectivity index (χ1v) is 7.35. The molecule has 0 bridgehead atoms. The maximum absolute atomic E-state index is 12.0. The molecule has 0 fully saturated rings. The van der Waals surface area contributed by atoms with Gasteiger partial charge in [0.05, 0.1) is 11.3 Å². The summed E-state index contributed by atoms with van der Waals surface area (Å²) in [4.78, 5) is 24.2. The molecule has 0 radical (unpaired) electrons. The summed E-state index contributed by atoms with van der Waals surface area (Å²) < 4.78 is 0. The maximum atomic E-state index is 12.0. The summed E-state index contributed by atoms with van der Waals surface area (Å²) in [5, 5.41) is 12.4. The summed E-state index contributed by atoms with van der Waals surface area (Å²) in [6.45, 7) is 9.36. The van der Waals surface area contributed by atoms with Gasteiger partial charge in [0, 0.05) is 15.6 Å². The lowest BCUT2D eigenvalue weighted by molar-refractivity contribution is -0.123. The Balaban J connectivity index is 3.20. The minimum Gasteiger partial charge on any atom is -0.478 e. The molecule has 4 nitrogen and oxygen atoms in total. The molecular formula is C15H21NO3S. The Kier molecular flexibility index (Phi) is 5.22. The summed E-state index contributed by atoms with van der Waals surface area (Å²) in [7, 11) is 0. The molecule has 0 spiro atoms. The maximum Gasteiger partial charge on any atom is 0.338 e. The lowest BCUT2D eigenvalue weighted by Crippen LogP contribution is -2.28. The van der Waals surface area contributed by atoms with Crippen LogP contribution in [0.25, 0.3) is 0 Å². The number of nitrogens with one attached hydrogen (secondary N) is 1. The topological polar surface area (TPSA) is 66.4 Å². The fourth-order valence-corrected chi connectivity index (χ4v) is 2.50. The molecule has 0 aliphatic heterocycles. The van der Waals surface area contributed by atoms with Gasteiger partial charge in [-0.2, -0.15) is 0 Å². The molecule has 0 atom stereocenters. The highest BCUT2D eigenvalue weighted by molar-refractivity contribution is 8.00. The van der Waals surface area contributed by atoms with Crippen LogP contribution in [0.5, 0.6) is 0 Å². The van der Waals surface area contributed by atoms with Gasteiger partial charge in [0.25, 0.3) is 0 Å². The SMILES string of the molecule is CC(C)Sc1cccc(NC(=O)C(C)(C)C)c1C(=O)O. The first-order valence-electron chi connectivity index (χ1n) is 6.47. The second-order valence-electron chi connectivity index (χ2n) is 5.85. The van der Waals surface area contributed by atoms with E-state index in [9.17, 15) is 14.7 Å². The number of amides is 1. The van der Waals surface area contributed by atoms with Gasteiger partial charge in [0.2, 0.25) is 5.91 Å². The molecule has 0 aromatic heterocycles. The van der Waals surface area contributed by atoms with Crippen molar-refractivity contribution in [1.82, 2.24) is 0 Å². The smallest absolute Gasteiger partial charge is 0.338 e. The largest absolute Gasteiger partial charge is 0.478 e. The predicted octanol–water partition coefficient (Wildman–Crippen LogP) is 3.87. The van der Waals surface area contributed by atoms with Gasteiger partial charge in [0.1, 0.15) is 0 Å². The van der Waals surface area contributed by atoms with Crippen molar-refractivity contribution in [2.75, 3.05) is 5.32 Å². The summed E-state index contributed by atoms with van der Waals surface area (Å²) in [6, 6.07) is 5.15. The van der Waals surface area contributed by atoms with Crippen molar-refractivity contribution < 1.29 is 14.7 Å². The van der Waals surface area contributed by atoms with Gasteiger partial charge in [-0.15, -0.1) is 11.8 Å². The number of hydrogen-bond acceptors (Lipinski definition) is 3. The Morgan fingerprint density at radius 3 is 2.30 bits per heavy atom. The van der Waals surface area contributed by atoms with Crippen molar-refractivity contribution >= 4 is 29.3 Å². The molecule has 0 aliphatic carbocycles. The van der Waals surface area contributed by atoms with E-state index in [4.69, 9.17) is 0 Å². The average molecular weight is 295 g/mol. The molecule has 0 heterocycles. The van der Waals surface area contributed by atoms with E-state index in [2.05, 4.69) is 5.32 Å². The molecule has 0 saturated heterocycles. The highest BCUT2D eigenvalue weighted by Gasteiger charge is 2.24. The first-order chi connectivity index (χ1) is 9.12. The minimum absolute atomic E-state index is 0.156. The van der Waals surface area contributed by atoms with E-state index in [1.807, 2.05) is 13.8 Å². The van der Waals surface area contributed by atoms with E-state index in [-0.39, 0.29) is 16.7 Å². The number of carboxylic acids is 1. The summed E-state index contributed by atoms with van der Waals surface area (Å²) in [5.74, 6) is -1.23. The molecular weight excluding hydrogens is 274 g/mol. The van der Waals surface area contributed by atoms with E-state index < -0.39 is 11.4 Å². The molecule has 1 rings (SSSR count). The number of rotatable bonds is 4. The quantitative estimate of drug-likeness (QED) is 0.827. The van der Waals surface area contributed by atoms with E-state index in [0.717, 1.165) is 0 Å². The van der Waals surface area contributed by atoms with Gasteiger partial charge < -0.3 is 10.4 Å². The number of carbonyl (C=O) groups is 2. The van der Waals surface area contributed by atoms with Crippen LogP contribution in [0.1, 0.15) is 45.0 Å². The number of carboxylic acid groups (broad SMARTS) is 1. The van der Waals surface area contributed by atoms with Crippen LogP contribution in [0.2, 0.25) is 0 Å². The van der Waals surface area contributed by atoms with E-state index in [0.29, 0.717) is 10.6 Å². The average Bonchev–Trinajstić information content (AvgIpc) is 2.26. The monoisotopic (exact) mass is 295 g/mol. The van der Waals surface area contributed by atoms with Crippen LogP contribution in [0.3, 0.4) is 0 Å². The van der Waals surface area contributed by atoms with Gasteiger partial charge in [0.15, 0.2) is 0 Å². The van der Waals surface area contributed by atoms with Gasteiger partial charge >= 0.3 is 5.97 Å². The van der Waals surface area contributed by atoms with E-state index in [1.54, 1.807) is 39.0 Å². The second kappa shape index (κ2) is 6.31. The number of hydrogen-bond donors (Lipinski definition) is 2. The van der Waals surface area contributed by atoms with Crippen molar-refractivity contribution in [1.29, 1.82) is 0 Å². The Morgan fingerprint density at radius 1 is 1.25 bits per heavy atom. The van der Waals surface area contributed by atoms with Crippen molar-refractivity contribution in [2.45, 2.75) is 44.8 Å². The zero-order valence-electron chi connectivity index (χ0n) is 12.5. The van der Waals surface area contributed by atoms with Crippen molar-refractivity contribution in [3.63, 3.8) is 0 Å². The number of carbonyl (C=O) groups excluding carboxylic acids is 1. The third-order valence-electron chi connectivity index (χ3n) is 2.53. The van der Waals surface area contributed by atoms with Crippen LogP contribution in [0.15, 0.2) is 23.1 Å². The van der Waals surface area contributed by atoms with E-state index in [1.165, 1.54) is 11.8 Å². The number of benzene rings is 1. The Hall–Kier alpha value is -1.49. The molecule has 1 aromatic carbocycles. The lowest BCUT2D eigenvalue weighted by atomic mass is 9.95. The molecule has 0 saturated carbocycles. The number of thioether (sulfide) groups is 1. The predicted molar refractivity (Wildman–Crippen MR) is 82.5 cm³/mol. The van der Waals surface area contributed by atoms with Crippen molar-refractivity contribution in [2.24, 2.45) is 5.41 Å². The van der Waals surface area contributed by atoms with Gasteiger partial charge in [-0.1, -0.05) is 40.7 Å². The molecule has 1 amide bonds. The van der Waals surface area contributed by atoms with Crippen molar-refractivity contribution in [3.8, 4) is 0 Å². The molecule has 0 unspecified atom stereocenters. The van der Waals surface area contributed by atoms with Gasteiger partial charge in [-0.25, -0.2) is 4.79 Å². The van der Waals surface area contributed by atoms with Crippen molar-refractivity contribution in [3.05, 3.63) is 23.8 Å². The van der Waals surface area contributed by atoms with Crippen LogP contribution >= 0.6 is 11.8 Å². The fraction of sp³-hybridized carbons (Fsp3) is 0.467. The summed E-state index contributed by atoms with van der Waals surface area (Å²) in [6.07, 6.45) is 0. The fourth-order valence-electron chi connectivity index (χ4n) is 1.52. The zero-order chi connectivity index (χ0) is 15.5. The van der Waals surface area contributed by atoms with Crippen LogP contribution in [0, 0.1) is 5.41 Å². The second-order valence-corrected chi connectivity index (χ2v) is 7.47. The minimum atomic E-state index is -1.03. The molecule has 0 aliphatic rings. The van der Waals surface area contributed by atoms with Crippen LogP contribution in [0.4, 0.5) is 5.69 Å². The standard InChI is InChI=1S/C15H21NO3S/c1-9(2)20-11-8-6-7-10(12(11)13(17)18)16-14(19)15(3,4)5/h6-9H,1-5H3,(H,16,19)(H,17,18). The highest BCUT2D eigenvalue weighted by atomic mass is 32.2. The van der Waals surface area contributed by atoms with E-state index >= 15 is 0 Å². The molecule has 20 heavy (non-hydrogen) atoms. The third kappa shape index (κ3) is 4.27. The first kappa shape index (κ1) is 16.6. The van der Waals surface area contributed by atoms with Gasteiger partial charge in [-0.3, -0.25) is 4.79 Å². The van der Waals surface area contributed by atoms with Crippen LogP contribution in [-0.4, -0.2) is 22.2 Å². The van der Waals surface area contributed by atoms with Crippen LogP contribution < -0.4 is 5.32 Å². The Morgan fingerprint density at radius 2 is 1.85 bits per heavy atom. The van der Waals surface area contributed by atoms with Crippen LogP contribution in [-0.2, 0) is 4.79 Å². The normalized spacial score (nSPS) is 11.5. The zero-order valence-corrected chi connectivity index (χ0v) is 13.3. The molecule has 2 N–H and O–H groups in total. The molecule has 1 aromatic rings. The lowest BCUT2D eigenvalue weighted by Gasteiger charge is -2.20. The summed E-state index contributed by atoms with van der Waals surface area (Å²) in [5.41, 5.74) is -0.0661. The third-order valence-corrected chi connectivity index (χ3v) is 3.60. The molecule has 5 heteroatoms. The Bertz CT molecular complexity index is 518. The Labute approximate surface area is 124 Å². The highest BCUT2D eigenvalue weighted by Crippen LogP contribution is 2.32. The summed E-state index contributed by atoms with van der Waals surface area (Å²) >= 11 is 1.47. The van der Waals surface area contributed by atoms with Gasteiger partial charge in [-0.05, 0) is 12.1 Å². The molecule has 110 valence electrons.